The third-order valence-corrected chi connectivity index (χ3v) is 6.70. The molecule has 0 aliphatic heterocycles. The van der Waals surface area contributed by atoms with Gasteiger partial charge in [-0.05, 0) is 75.8 Å². The molecular formula is C34H43N3O5. The molecule has 0 spiro atoms. The molecule has 3 rings (SSSR count). The van der Waals surface area contributed by atoms with Crippen molar-refractivity contribution in [1.29, 1.82) is 0 Å². The van der Waals surface area contributed by atoms with Gasteiger partial charge in [0.15, 0.2) is 0 Å². The lowest BCUT2D eigenvalue weighted by atomic mass is 9.90. The van der Waals surface area contributed by atoms with Crippen molar-refractivity contribution in [2.45, 2.75) is 77.0 Å². The van der Waals surface area contributed by atoms with E-state index in [1.807, 2.05) is 72.8 Å². The minimum atomic E-state index is -1.28. The Labute approximate surface area is 248 Å². The van der Waals surface area contributed by atoms with E-state index in [0.29, 0.717) is 6.54 Å². The van der Waals surface area contributed by atoms with Crippen molar-refractivity contribution in [1.82, 2.24) is 16.0 Å². The van der Waals surface area contributed by atoms with Gasteiger partial charge in [0.2, 0.25) is 11.8 Å². The molecule has 3 aromatic carbocycles. The Kier molecular flexibility index (Phi) is 11.5. The molecule has 8 heteroatoms. The summed E-state index contributed by atoms with van der Waals surface area (Å²) in [5.74, 6) is -0.552. The number of benzene rings is 3. The van der Waals surface area contributed by atoms with E-state index < -0.39 is 29.2 Å². The number of carbonyl (C=O) groups is 3. The standard InChI is InChI=1S/C34H43N3O5/c1-33(2,3)42-32(41)36-29(23-26-14-7-5-8-15-26)30(39)37-34(4,24-27-16-9-6-10-17-27)31(40)35-22-12-11-13-25-18-20-28(38)21-19-25/h5-10,14-21,29,38H,11-13,22-24H2,1-4H3,(H,35,40)(H,36,41)(H,37,39)/t29-,34+/m0/s1. The highest BCUT2D eigenvalue weighted by molar-refractivity contribution is 5.94. The average molecular weight is 574 g/mol. The number of unbranched alkanes of at least 4 members (excludes halogenated alkanes) is 1. The number of hydrogen-bond donors (Lipinski definition) is 4. The van der Waals surface area contributed by atoms with Crippen molar-refractivity contribution in [2.24, 2.45) is 0 Å². The van der Waals surface area contributed by atoms with Gasteiger partial charge in [-0.1, -0.05) is 72.8 Å². The third kappa shape index (κ3) is 10.9. The number of ether oxygens (including phenoxy) is 1. The van der Waals surface area contributed by atoms with Gasteiger partial charge >= 0.3 is 6.09 Å². The minimum absolute atomic E-state index is 0.228. The van der Waals surface area contributed by atoms with E-state index in [1.165, 1.54) is 0 Å². The molecule has 0 saturated heterocycles. The summed E-state index contributed by atoms with van der Waals surface area (Å²) < 4.78 is 5.42. The van der Waals surface area contributed by atoms with E-state index in [2.05, 4.69) is 16.0 Å². The summed E-state index contributed by atoms with van der Waals surface area (Å²) in [5.41, 5.74) is 0.850. The number of alkyl carbamates (subject to hydrolysis) is 1. The first-order chi connectivity index (χ1) is 19.9. The van der Waals surface area contributed by atoms with Crippen LogP contribution >= 0.6 is 0 Å². The van der Waals surface area contributed by atoms with E-state index >= 15 is 0 Å². The zero-order valence-corrected chi connectivity index (χ0v) is 25.0. The van der Waals surface area contributed by atoms with Crippen LogP contribution in [0.2, 0.25) is 0 Å². The summed E-state index contributed by atoms with van der Waals surface area (Å²) in [5, 5.41) is 18.1. The van der Waals surface area contributed by atoms with Gasteiger partial charge in [0.05, 0.1) is 0 Å². The molecule has 0 heterocycles. The SMILES string of the molecule is CC(C)(C)OC(=O)N[C@@H](Cc1ccccc1)C(=O)N[C@](C)(Cc1ccccc1)C(=O)NCCCCc1ccc(O)cc1. The predicted molar refractivity (Wildman–Crippen MR) is 164 cm³/mol. The smallest absolute Gasteiger partial charge is 0.408 e. The Hall–Kier alpha value is -4.33. The van der Waals surface area contributed by atoms with Crippen molar-refractivity contribution >= 4 is 17.9 Å². The molecule has 8 nitrogen and oxygen atoms in total. The first kappa shape index (κ1) is 32.2. The Morgan fingerprint density at radius 2 is 1.38 bits per heavy atom. The van der Waals surface area contributed by atoms with Crippen molar-refractivity contribution in [3.05, 3.63) is 102 Å². The van der Waals surface area contributed by atoms with Gasteiger partial charge in [0.25, 0.3) is 0 Å². The van der Waals surface area contributed by atoms with Crippen LogP contribution in [0.1, 0.15) is 57.2 Å². The first-order valence-electron chi connectivity index (χ1n) is 14.4. The van der Waals surface area contributed by atoms with Crippen molar-refractivity contribution in [2.75, 3.05) is 6.54 Å². The van der Waals surface area contributed by atoms with Gasteiger partial charge in [0, 0.05) is 19.4 Å². The van der Waals surface area contributed by atoms with Crippen LogP contribution in [0.3, 0.4) is 0 Å². The average Bonchev–Trinajstić information content (AvgIpc) is 2.93. The fraction of sp³-hybridized carbons (Fsp3) is 0.382. The molecule has 42 heavy (non-hydrogen) atoms. The van der Waals surface area contributed by atoms with Gasteiger partial charge in [-0.25, -0.2) is 4.79 Å². The monoisotopic (exact) mass is 573 g/mol. The van der Waals surface area contributed by atoms with E-state index in [0.717, 1.165) is 36.0 Å². The molecule has 2 atom stereocenters. The van der Waals surface area contributed by atoms with Gasteiger partial charge in [0.1, 0.15) is 22.9 Å². The molecule has 0 bridgehead atoms. The summed E-state index contributed by atoms with van der Waals surface area (Å²) in [6, 6.07) is 25.0. The number of aromatic hydroxyl groups is 1. The maximum Gasteiger partial charge on any atom is 0.408 e. The number of rotatable bonds is 13. The number of nitrogens with one attached hydrogen (secondary N) is 3. The highest BCUT2D eigenvalue weighted by Crippen LogP contribution is 2.17. The molecule has 0 aliphatic rings. The second-order valence-corrected chi connectivity index (χ2v) is 11.8. The summed E-state index contributed by atoms with van der Waals surface area (Å²) in [6.45, 7) is 7.41. The highest BCUT2D eigenvalue weighted by Gasteiger charge is 2.37. The maximum atomic E-state index is 13.7. The van der Waals surface area contributed by atoms with E-state index in [1.54, 1.807) is 39.8 Å². The quantitative estimate of drug-likeness (QED) is 0.213. The lowest BCUT2D eigenvalue weighted by molar-refractivity contribution is -0.133. The fourth-order valence-electron chi connectivity index (χ4n) is 4.57. The number of carbonyl (C=O) groups excluding carboxylic acids is 3. The number of aryl methyl sites for hydroxylation is 1. The Morgan fingerprint density at radius 1 is 0.786 bits per heavy atom. The zero-order chi connectivity index (χ0) is 30.6. The van der Waals surface area contributed by atoms with Gasteiger partial charge in [-0.3, -0.25) is 9.59 Å². The van der Waals surface area contributed by atoms with Crippen molar-refractivity contribution in [3.8, 4) is 5.75 Å². The topological polar surface area (TPSA) is 117 Å². The molecule has 0 unspecified atom stereocenters. The lowest BCUT2D eigenvalue weighted by Gasteiger charge is -2.32. The number of amides is 3. The van der Waals surface area contributed by atoms with Crippen molar-refractivity contribution in [3.63, 3.8) is 0 Å². The van der Waals surface area contributed by atoms with E-state index in [9.17, 15) is 19.5 Å². The number of hydrogen-bond acceptors (Lipinski definition) is 5. The van der Waals surface area contributed by atoms with Crippen LogP contribution in [0.15, 0.2) is 84.9 Å². The largest absolute Gasteiger partial charge is 0.508 e. The van der Waals surface area contributed by atoms with Crippen LogP contribution < -0.4 is 16.0 Å². The molecule has 0 fully saturated rings. The third-order valence-electron chi connectivity index (χ3n) is 6.70. The Bertz CT molecular complexity index is 1290. The Morgan fingerprint density at radius 3 is 1.98 bits per heavy atom. The van der Waals surface area contributed by atoms with E-state index in [4.69, 9.17) is 4.74 Å². The van der Waals surface area contributed by atoms with Crippen LogP contribution in [0.4, 0.5) is 4.79 Å². The van der Waals surface area contributed by atoms with Crippen LogP contribution in [0.25, 0.3) is 0 Å². The summed E-state index contributed by atoms with van der Waals surface area (Å²) in [7, 11) is 0. The normalized spacial score (nSPS) is 13.3. The van der Waals surface area contributed by atoms with Crippen LogP contribution in [-0.2, 0) is 33.6 Å². The fourth-order valence-corrected chi connectivity index (χ4v) is 4.57. The molecule has 3 aromatic rings. The van der Waals surface area contributed by atoms with Gasteiger partial charge < -0.3 is 25.8 Å². The molecule has 0 saturated carbocycles. The second-order valence-electron chi connectivity index (χ2n) is 11.8. The van der Waals surface area contributed by atoms with E-state index in [-0.39, 0.29) is 24.5 Å². The summed E-state index contributed by atoms with van der Waals surface area (Å²) >= 11 is 0. The van der Waals surface area contributed by atoms with Crippen molar-refractivity contribution < 1.29 is 24.2 Å². The van der Waals surface area contributed by atoms with Crippen LogP contribution in [0.5, 0.6) is 5.75 Å². The molecular weight excluding hydrogens is 530 g/mol. The maximum absolute atomic E-state index is 13.7. The number of phenolic OH excluding ortho intramolecular Hbond substituents is 1. The predicted octanol–water partition coefficient (Wildman–Crippen LogP) is 5.08. The Balaban J connectivity index is 1.71. The lowest BCUT2D eigenvalue weighted by Crippen LogP contribution is -2.62. The zero-order valence-electron chi connectivity index (χ0n) is 25.0. The van der Waals surface area contributed by atoms with Crippen LogP contribution in [0, 0.1) is 0 Å². The summed E-state index contributed by atoms with van der Waals surface area (Å²) in [6.07, 6.45) is 2.22. The van der Waals surface area contributed by atoms with Crippen LogP contribution in [-0.4, -0.2) is 46.7 Å². The molecule has 0 radical (unpaired) electrons. The molecule has 3 amide bonds. The second kappa shape index (κ2) is 15.1. The summed E-state index contributed by atoms with van der Waals surface area (Å²) in [4.78, 5) is 40.0. The van der Waals surface area contributed by atoms with Gasteiger partial charge in [-0.15, -0.1) is 0 Å². The highest BCUT2D eigenvalue weighted by atomic mass is 16.6. The first-order valence-corrected chi connectivity index (χ1v) is 14.4. The number of phenols is 1. The molecule has 224 valence electrons. The minimum Gasteiger partial charge on any atom is -0.508 e. The molecule has 0 aliphatic carbocycles. The van der Waals surface area contributed by atoms with Gasteiger partial charge in [-0.2, -0.15) is 0 Å². The molecule has 4 N–H and O–H groups in total. The molecule has 0 aromatic heterocycles.